The monoisotopic (exact) mass is 389 g/mol. The van der Waals surface area contributed by atoms with Gasteiger partial charge in [-0.3, -0.25) is 9.59 Å². The number of hydrogen-bond acceptors (Lipinski definition) is 4. The van der Waals surface area contributed by atoms with Crippen molar-refractivity contribution >= 4 is 11.7 Å². The Morgan fingerprint density at radius 3 is 2.14 bits per heavy atom. The summed E-state index contributed by atoms with van der Waals surface area (Å²) in [5.74, 6) is 0.906. The molecule has 0 heterocycles. The second kappa shape index (κ2) is 9.06. The summed E-state index contributed by atoms with van der Waals surface area (Å²) >= 11 is 0. The van der Waals surface area contributed by atoms with Gasteiger partial charge in [-0.15, -0.1) is 0 Å². The van der Waals surface area contributed by atoms with E-state index < -0.39 is 0 Å². The van der Waals surface area contributed by atoms with E-state index in [1.807, 2.05) is 18.2 Å². The Morgan fingerprint density at radius 1 is 0.828 bits per heavy atom. The zero-order valence-corrected chi connectivity index (χ0v) is 16.7. The van der Waals surface area contributed by atoms with E-state index in [1.165, 1.54) is 0 Å². The maximum absolute atomic E-state index is 13.1. The van der Waals surface area contributed by atoms with Gasteiger partial charge in [-0.05, 0) is 18.2 Å². The molecule has 0 N–H and O–H groups in total. The molecule has 3 rings (SSSR count). The van der Waals surface area contributed by atoms with Crippen LogP contribution in [0.25, 0.3) is 0 Å². The Hall–Kier alpha value is -3.60. The zero-order valence-electron chi connectivity index (χ0n) is 16.7. The molecule has 0 fully saturated rings. The number of carbonyl (C=O) groups is 2. The van der Waals surface area contributed by atoms with E-state index in [4.69, 9.17) is 9.47 Å². The number of hydrogen-bond donors (Lipinski definition) is 0. The van der Waals surface area contributed by atoms with Crippen molar-refractivity contribution in [2.75, 3.05) is 21.3 Å². The molecule has 0 aliphatic heterocycles. The van der Waals surface area contributed by atoms with Gasteiger partial charge in [0.1, 0.15) is 11.5 Å². The lowest BCUT2D eigenvalue weighted by Crippen LogP contribution is -2.28. The molecule has 0 spiro atoms. The van der Waals surface area contributed by atoms with Gasteiger partial charge in [-0.2, -0.15) is 0 Å². The van der Waals surface area contributed by atoms with Crippen molar-refractivity contribution in [3.8, 4) is 11.5 Å². The number of amides is 1. The van der Waals surface area contributed by atoms with Crippen LogP contribution in [0.4, 0.5) is 0 Å². The molecule has 148 valence electrons. The number of carbonyl (C=O) groups excluding carboxylic acids is 2. The summed E-state index contributed by atoms with van der Waals surface area (Å²) in [6.07, 6.45) is 0. The third-order valence-corrected chi connectivity index (χ3v) is 4.69. The molecule has 5 nitrogen and oxygen atoms in total. The zero-order chi connectivity index (χ0) is 20.8. The molecule has 0 bridgehead atoms. The highest BCUT2D eigenvalue weighted by atomic mass is 16.5. The second-order valence-corrected chi connectivity index (χ2v) is 6.58. The Balaban J connectivity index is 1.87. The largest absolute Gasteiger partial charge is 0.497 e. The van der Waals surface area contributed by atoms with Crippen LogP contribution in [-0.2, 0) is 6.54 Å². The van der Waals surface area contributed by atoms with Crippen molar-refractivity contribution < 1.29 is 19.1 Å². The Bertz CT molecular complexity index is 1010. The number of nitrogens with zero attached hydrogens (tertiary/aromatic N) is 1. The van der Waals surface area contributed by atoms with Gasteiger partial charge in [0.2, 0.25) is 0 Å². The van der Waals surface area contributed by atoms with Crippen LogP contribution in [0.15, 0.2) is 72.8 Å². The average Bonchev–Trinajstić information content (AvgIpc) is 2.78. The fourth-order valence-electron chi connectivity index (χ4n) is 3.13. The number of ether oxygens (including phenoxy) is 2. The van der Waals surface area contributed by atoms with Crippen LogP contribution in [-0.4, -0.2) is 37.9 Å². The Kier molecular flexibility index (Phi) is 6.29. The van der Waals surface area contributed by atoms with Crippen LogP contribution in [0, 0.1) is 0 Å². The fraction of sp³-hybridized carbons (Fsp3) is 0.167. The van der Waals surface area contributed by atoms with Crippen LogP contribution >= 0.6 is 0 Å². The topological polar surface area (TPSA) is 55.8 Å². The molecule has 0 saturated heterocycles. The van der Waals surface area contributed by atoms with E-state index in [0.29, 0.717) is 34.7 Å². The molecular weight excluding hydrogens is 366 g/mol. The number of benzene rings is 3. The Labute approximate surface area is 170 Å². The van der Waals surface area contributed by atoms with Gasteiger partial charge in [-0.25, -0.2) is 0 Å². The lowest BCUT2D eigenvalue weighted by Gasteiger charge is -2.20. The quantitative estimate of drug-likeness (QED) is 0.568. The molecule has 0 radical (unpaired) electrons. The SMILES string of the molecule is COc1ccc(CN(C)C(=O)c2ccccc2C(=O)c2ccccc2)c(OC)c1. The highest BCUT2D eigenvalue weighted by Crippen LogP contribution is 2.26. The molecule has 1 amide bonds. The number of ketones is 1. The maximum Gasteiger partial charge on any atom is 0.254 e. The number of methoxy groups -OCH3 is 2. The normalized spacial score (nSPS) is 10.3. The third kappa shape index (κ3) is 4.46. The number of rotatable bonds is 7. The van der Waals surface area contributed by atoms with Crippen molar-refractivity contribution in [2.45, 2.75) is 6.54 Å². The standard InChI is InChI=1S/C24H23NO4/c1-25(16-18-13-14-19(28-2)15-22(18)29-3)24(27)21-12-8-7-11-20(21)23(26)17-9-5-4-6-10-17/h4-15H,16H2,1-3H3. The second-order valence-electron chi connectivity index (χ2n) is 6.58. The molecule has 3 aromatic rings. The van der Waals surface area contributed by atoms with E-state index in [-0.39, 0.29) is 11.7 Å². The summed E-state index contributed by atoms with van der Waals surface area (Å²) in [5, 5.41) is 0. The van der Waals surface area contributed by atoms with Crippen molar-refractivity contribution in [3.05, 3.63) is 95.1 Å². The molecule has 5 heteroatoms. The van der Waals surface area contributed by atoms with E-state index in [0.717, 1.165) is 5.56 Å². The van der Waals surface area contributed by atoms with Gasteiger partial charge in [0, 0.05) is 36.3 Å². The summed E-state index contributed by atoms with van der Waals surface area (Å²) in [4.78, 5) is 27.6. The maximum atomic E-state index is 13.1. The first-order valence-corrected chi connectivity index (χ1v) is 9.20. The molecule has 29 heavy (non-hydrogen) atoms. The average molecular weight is 389 g/mol. The van der Waals surface area contributed by atoms with E-state index in [9.17, 15) is 9.59 Å². The molecule has 0 aliphatic rings. The molecule has 0 atom stereocenters. The van der Waals surface area contributed by atoms with Crippen molar-refractivity contribution in [1.82, 2.24) is 4.90 Å². The summed E-state index contributed by atoms with van der Waals surface area (Å²) in [6.45, 7) is 0.333. The van der Waals surface area contributed by atoms with Crippen LogP contribution in [0.2, 0.25) is 0 Å². The van der Waals surface area contributed by atoms with Gasteiger partial charge in [0.05, 0.1) is 19.8 Å². The van der Waals surface area contributed by atoms with E-state index in [2.05, 4.69) is 0 Å². The fourth-order valence-corrected chi connectivity index (χ4v) is 3.13. The van der Waals surface area contributed by atoms with Gasteiger partial charge in [0.15, 0.2) is 5.78 Å². The third-order valence-electron chi connectivity index (χ3n) is 4.69. The van der Waals surface area contributed by atoms with Crippen molar-refractivity contribution in [2.24, 2.45) is 0 Å². The van der Waals surface area contributed by atoms with E-state index in [1.54, 1.807) is 80.8 Å². The predicted molar refractivity (Wildman–Crippen MR) is 112 cm³/mol. The first-order valence-electron chi connectivity index (χ1n) is 9.20. The lowest BCUT2D eigenvalue weighted by atomic mass is 9.97. The van der Waals surface area contributed by atoms with Gasteiger partial charge in [0.25, 0.3) is 5.91 Å². The highest BCUT2D eigenvalue weighted by Gasteiger charge is 2.21. The highest BCUT2D eigenvalue weighted by molar-refractivity contribution is 6.15. The summed E-state index contributed by atoms with van der Waals surface area (Å²) < 4.78 is 10.6. The predicted octanol–water partition coefficient (Wildman–Crippen LogP) is 4.21. The van der Waals surface area contributed by atoms with E-state index >= 15 is 0 Å². The van der Waals surface area contributed by atoms with Crippen molar-refractivity contribution in [3.63, 3.8) is 0 Å². The molecule has 0 aromatic heterocycles. The van der Waals surface area contributed by atoms with Crippen LogP contribution in [0.3, 0.4) is 0 Å². The van der Waals surface area contributed by atoms with Crippen LogP contribution in [0.5, 0.6) is 11.5 Å². The molecule has 0 aliphatic carbocycles. The molecular formula is C24H23NO4. The van der Waals surface area contributed by atoms with Gasteiger partial charge < -0.3 is 14.4 Å². The first kappa shape index (κ1) is 20.1. The summed E-state index contributed by atoms with van der Waals surface area (Å²) in [5.41, 5.74) is 2.15. The smallest absolute Gasteiger partial charge is 0.254 e. The first-order chi connectivity index (χ1) is 14.0. The summed E-state index contributed by atoms with van der Waals surface area (Å²) in [7, 11) is 4.87. The minimum atomic E-state index is -0.234. The molecule has 0 saturated carbocycles. The lowest BCUT2D eigenvalue weighted by molar-refractivity contribution is 0.0779. The Morgan fingerprint density at radius 2 is 1.48 bits per heavy atom. The van der Waals surface area contributed by atoms with Crippen LogP contribution in [0.1, 0.15) is 31.8 Å². The minimum absolute atomic E-state index is 0.176. The van der Waals surface area contributed by atoms with Crippen LogP contribution < -0.4 is 9.47 Å². The summed E-state index contributed by atoms with van der Waals surface area (Å²) in [6, 6.07) is 21.3. The van der Waals surface area contributed by atoms with Crippen molar-refractivity contribution in [1.29, 1.82) is 0 Å². The van der Waals surface area contributed by atoms with Gasteiger partial charge in [-0.1, -0.05) is 48.5 Å². The minimum Gasteiger partial charge on any atom is -0.497 e. The molecule has 3 aromatic carbocycles. The molecule has 0 unspecified atom stereocenters. The van der Waals surface area contributed by atoms with Gasteiger partial charge >= 0.3 is 0 Å².